The molecular formula is C24H26F3N3O7. The average Bonchev–Trinajstić information content (AvgIpc) is 3.42. The quantitative estimate of drug-likeness (QED) is 0.467. The molecule has 4 rings (SSSR count). The minimum Gasteiger partial charge on any atom is -0.456 e. The Morgan fingerprint density at radius 2 is 1.59 bits per heavy atom. The Morgan fingerprint density at radius 3 is 2.19 bits per heavy atom. The van der Waals surface area contributed by atoms with Crippen LogP contribution in [0.1, 0.15) is 51.9 Å². The zero-order chi connectivity index (χ0) is 27.1. The zero-order valence-electron chi connectivity index (χ0n) is 20.4. The van der Waals surface area contributed by atoms with Crippen LogP contribution in [0.4, 0.5) is 13.2 Å². The SMILES string of the molecule is CC(=O)O[C@@H]1[C@@H](OC(C)=O)[C@H](C)O[C@H](n2cc(C3CC(C(F)(F)F)=NN3)c3ccccc32)[C@@H]1OC(C)=O. The number of esters is 3. The van der Waals surface area contributed by atoms with Crippen LogP contribution >= 0.6 is 0 Å². The summed E-state index contributed by atoms with van der Waals surface area (Å²) >= 11 is 0. The van der Waals surface area contributed by atoms with Crippen molar-refractivity contribution in [3.05, 3.63) is 36.0 Å². The molecule has 1 aromatic carbocycles. The van der Waals surface area contributed by atoms with Crippen LogP contribution in [-0.4, -0.2) is 58.8 Å². The molecule has 200 valence electrons. The predicted octanol–water partition coefficient (Wildman–Crippen LogP) is 3.31. The van der Waals surface area contributed by atoms with Crippen molar-refractivity contribution in [2.45, 2.75) is 77.0 Å². The summed E-state index contributed by atoms with van der Waals surface area (Å²) in [4.78, 5) is 35.8. The molecule has 13 heteroatoms. The molecule has 37 heavy (non-hydrogen) atoms. The fraction of sp³-hybridized carbons (Fsp3) is 0.500. The number of hydrogen-bond acceptors (Lipinski definition) is 9. The number of nitrogens with one attached hydrogen (secondary N) is 1. The van der Waals surface area contributed by atoms with Gasteiger partial charge < -0.3 is 28.9 Å². The maximum absolute atomic E-state index is 13.2. The lowest BCUT2D eigenvalue weighted by Gasteiger charge is -2.44. The van der Waals surface area contributed by atoms with Crippen LogP contribution in [0.2, 0.25) is 0 Å². The summed E-state index contributed by atoms with van der Waals surface area (Å²) in [6, 6.07) is 6.18. The van der Waals surface area contributed by atoms with Gasteiger partial charge in [0, 0.05) is 44.3 Å². The normalized spacial score (nSPS) is 27.8. The van der Waals surface area contributed by atoms with Gasteiger partial charge in [0.2, 0.25) is 0 Å². The summed E-state index contributed by atoms with van der Waals surface area (Å²) in [6.45, 7) is 5.12. The largest absolute Gasteiger partial charge is 0.456 e. The van der Waals surface area contributed by atoms with Crippen LogP contribution in [-0.2, 0) is 33.3 Å². The number of fused-ring (bicyclic) bond motifs is 1. The summed E-state index contributed by atoms with van der Waals surface area (Å²) < 4.78 is 63.8. The van der Waals surface area contributed by atoms with Crippen LogP contribution in [0.3, 0.4) is 0 Å². The van der Waals surface area contributed by atoms with E-state index in [2.05, 4.69) is 10.5 Å². The van der Waals surface area contributed by atoms with Crippen LogP contribution < -0.4 is 5.43 Å². The maximum atomic E-state index is 13.2. The van der Waals surface area contributed by atoms with E-state index in [1.165, 1.54) is 13.8 Å². The molecule has 0 aliphatic carbocycles. The van der Waals surface area contributed by atoms with E-state index in [1.807, 2.05) is 0 Å². The number of hydrazone groups is 1. The highest BCUT2D eigenvalue weighted by molar-refractivity contribution is 5.93. The smallest absolute Gasteiger partial charge is 0.431 e. The number of rotatable bonds is 5. The predicted molar refractivity (Wildman–Crippen MR) is 122 cm³/mol. The third-order valence-electron chi connectivity index (χ3n) is 6.15. The molecule has 1 fully saturated rings. The number of halogens is 3. The van der Waals surface area contributed by atoms with E-state index in [-0.39, 0.29) is 6.42 Å². The fourth-order valence-corrected chi connectivity index (χ4v) is 4.73. The summed E-state index contributed by atoms with van der Waals surface area (Å²) in [7, 11) is 0. The second-order valence-corrected chi connectivity index (χ2v) is 8.90. The Balaban J connectivity index is 1.79. The Kier molecular flexibility index (Phi) is 7.18. The van der Waals surface area contributed by atoms with Gasteiger partial charge in [-0.15, -0.1) is 0 Å². The summed E-state index contributed by atoms with van der Waals surface area (Å²) in [5.74, 6) is -2.06. The third-order valence-corrected chi connectivity index (χ3v) is 6.15. The number of carbonyl (C=O) groups excluding carboxylic acids is 3. The molecular weight excluding hydrogens is 499 g/mol. The van der Waals surface area contributed by atoms with Crippen molar-refractivity contribution < 1.29 is 46.5 Å². The van der Waals surface area contributed by atoms with E-state index < -0.39 is 66.5 Å². The number of ether oxygens (including phenoxy) is 4. The molecule has 2 aliphatic heterocycles. The fourth-order valence-electron chi connectivity index (χ4n) is 4.73. The molecule has 2 aliphatic rings. The van der Waals surface area contributed by atoms with E-state index in [0.717, 1.165) is 6.92 Å². The molecule has 2 aromatic rings. The van der Waals surface area contributed by atoms with Crippen LogP contribution in [0.25, 0.3) is 10.9 Å². The summed E-state index contributed by atoms with van der Waals surface area (Å²) in [6.07, 6.45) is -8.76. The lowest BCUT2D eigenvalue weighted by molar-refractivity contribution is -0.258. The van der Waals surface area contributed by atoms with Crippen LogP contribution in [0.15, 0.2) is 35.6 Å². The number of aromatic nitrogens is 1. The first kappa shape index (κ1) is 26.5. The standard InChI is InChI=1S/C24H26F3N3O7/c1-11-20(35-12(2)31)21(36-13(3)32)22(37-14(4)33)23(34-11)30-10-16(15-7-5-6-8-18(15)30)17-9-19(29-28-17)24(25,26)27/h5-8,10-11,17,20-23,28H,9H2,1-4H3/t11-,17?,20-,21+,22+,23-/m0/s1. The maximum Gasteiger partial charge on any atom is 0.431 e. The number of nitrogens with zero attached hydrogens (tertiary/aromatic N) is 2. The molecule has 0 radical (unpaired) electrons. The second kappa shape index (κ2) is 10.0. The first-order valence-corrected chi connectivity index (χ1v) is 11.5. The van der Waals surface area contributed by atoms with Crippen molar-refractivity contribution in [2.75, 3.05) is 0 Å². The molecule has 1 N–H and O–H groups in total. The van der Waals surface area contributed by atoms with E-state index in [0.29, 0.717) is 16.5 Å². The highest BCUT2D eigenvalue weighted by Crippen LogP contribution is 2.40. The molecule has 3 heterocycles. The highest BCUT2D eigenvalue weighted by Gasteiger charge is 2.51. The van der Waals surface area contributed by atoms with Gasteiger partial charge >= 0.3 is 24.1 Å². The minimum absolute atomic E-state index is 0.378. The van der Waals surface area contributed by atoms with Gasteiger partial charge in [-0.25, -0.2) is 0 Å². The molecule has 6 atom stereocenters. The lowest BCUT2D eigenvalue weighted by atomic mass is 9.97. The van der Waals surface area contributed by atoms with Crippen molar-refractivity contribution in [1.82, 2.24) is 9.99 Å². The van der Waals surface area contributed by atoms with E-state index in [4.69, 9.17) is 18.9 Å². The molecule has 0 saturated carbocycles. The molecule has 0 amide bonds. The topological polar surface area (TPSA) is 117 Å². The molecule has 10 nitrogen and oxygen atoms in total. The van der Waals surface area contributed by atoms with Gasteiger partial charge in [0.25, 0.3) is 0 Å². The summed E-state index contributed by atoms with van der Waals surface area (Å²) in [5, 5.41) is 4.10. The van der Waals surface area contributed by atoms with Gasteiger partial charge in [-0.05, 0) is 13.0 Å². The van der Waals surface area contributed by atoms with Crippen molar-refractivity contribution in [1.29, 1.82) is 0 Å². The van der Waals surface area contributed by atoms with Crippen molar-refractivity contribution in [3.8, 4) is 0 Å². The monoisotopic (exact) mass is 525 g/mol. The first-order chi connectivity index (χ1) is 17.4. The van der Waals surface area contributed by atoms with Crippen LogP contribution in [0, 0.1) is 0 Å². The number of hydrogen-bond donors (Lipinski definition) is 1. The van der Waals surface area contributed by atoms with Crippen molar-refractivity contribution in [3.63, 3.8) is 0 Å². The lowest BCUT2D eigenvalue weighted by Crippen LogP contribution is -2.58. The zero-order valence-corrected chi connectivity index (χ0v) is 20.4. The van der Waals surface area contributed by atoms with Gasteiger partial charge in [0.1, 0.15) is 5.71 Å². The van der Waals surface area contributed by atoms with Gasteiger partial charge in [0.15, 0.2) is 24.5 Å². The van der Waals surface area contributed by atoms with Crippen molar-refractivity contribution in [2.24, 2.45) is 5.10 Å². The van der Waals surface area contributed by atoms with E-state index >= 15 is 0 Å². The van der Waals surface area contributed by atoms with E-state index in [1.54, 1.807) is 42.0 Å². The molecule has 0 spiro atoms. The number of alkyl halides is 3. The van der Waals surface area contributed by atoms with Gasteiger partial charge in [-0.3, -0.25) is 14.4 Å². The molecule has 1 unspecified atom stereocenters. The Bertz CT molecular complexity index is 1240. The Morgan fingerprint density at radius 1 is 1.00 bits per heavy atom. The number of benzene rings is 1. The molecule has 0 bridgehead atoms. The first-order valence-electron chi connectivity index (χ1n) is 11.5. The van der Waals surface area contributed by atoms with Gasteiger partial charge in [-0.1, -0.05) is 18.2 Å². The third kappa shape index (κ3) is 5.41. The van der Waals surface area contributed by atoms with Gasteiger partial charge in [-0.2, -0.15) is 18.3 Å². The minimum atomic E-state index is -4.56. The number of carbonyl (C=O) groups is 3. The Hall–Kier alpha value is -3.61. The van der Waals surface area contributed by atoms with Gasteiger partial charge in [0.05, 0.1) is 17.7 Å². The van der Waals surface area contributed by atoms with Crippen LogP contribution in [0.5, 0.6) is 0 Å². The summed E-state index contributed by atoms with van der Waals surface area (Å²) in [5.41, 5.74) is 2.72. The number of para-hydroxylation sites is 1. The second-order valence-electron chi connectivity index (χ2n) is 8.90. The average molecular weight is 525 g/mol. The van der Waals surface area contributed by atoms with Crippen molar-refractivity contribution >= 4 is 34.5 Å². The molecule has 1 aromatic heterocycles. The molecule has 1 saturated heterocycles. The van der Waals surface area contributed by atoms with E-state index in [9.17, 15) is 27.6 Å². The Labute approximate surface area is 209 Å². The highest BCUT2D eigenvalue weighted by atomic mass is 19.4.